The Bertz CT molecular complexity index is 404. The second kappa shape index (κ2) is 8.15. The van der Waals surface area contributed by atoms with Crippen LogP contribution in [0.15, 0.2) is 18.2 Å². The molecule has 1 aromatic rings. The summed E-state index contributed by atoms with van der Waals surface area (Å²) in [5, 5.41) is 3.48. The van der Waals surface area contributed by atoms with Gasteiger partial charge in [-0.25, -0.2) is 0 Å². The third kappa shape index (κ3) is 5.04. The zero-order valence-electron chi connectivity index (χ0n) is 12.8. The van der Waals surface area contributed by atoms with E-state index in [1.165, 1.54) is 18.4 Å². The van der Waals surface area contributed by atoms with Crippen LogP contribution < -0.4 is 14.8 Å². The minimum absolute atomic E-state index is 0.733. The number of aryl methyl sites for hydroxylation is 1. The summed E-state index contributed by atoms with van der Waals surface area (Å²) in [5.41, 5.74) is 1.35. The quantitative estimate of drug-likeness (QED) is 0.775. The van der Waals surface area contributed by atoms with Crippen molar-refractivity contribution in [2.24, 2.45) is 5.92 Å². The van der Waals surface area contributed by atoms with Gasteiger partial charge in [-0.1, -0.05) is 19.9 Å². The van der Waals surface area contributed by atoms with Crippen molar-refractivity contribution < 1.29 is 9.47 Å². The molecule has 0 aromatic heterocycles. The number of ether oxygens (including phenoxy) is 2. The van der Waals surface area contributed by atoms with Crippen LogP contribution in [0.1, 0.15) is 38.7 Å². The van der Waals surface area contributed by atoms with E-state index in [4.69, 9.17) is 9.47 Å². The molecule has 3 heteroatoms. The maximum atomic E-state index is 5.72. The van der Waals surface area contributed by atoms with Crippen LogP contribution in [0.3, 0.4) is 0 Å². The van der Waals surface area contributed by atoms with Crippen LogP contribution in [-0.2, 0) is 6.42 Å². The molecule has 0 amide bonds. The number of unbranched alkanes of at least 4 members (excludes halogenated alkanes) is 1. The molecule has 1 aromatic carbocycles. The van der Waals surface area contributed by atoms with Crippen LogP contribution >= 0.6 is 0 Å². The lowest BCUT2D eigenvalue weighted by atomic mass is 10.1. The molecule has 112 valence electrons. The first-order valence-electron chi connectivity index (χ1n) is 7.85. The SMILES string of the molecule is CC(C)CNCCCCc1ccc2c(c1)OCCCO2. The monoisotopic (exact) mass is 277 g/mol. The molecule has 1 heterocycles. The van der Waals surface area contributed by atoms with Crippen molar-refractivity contribution in [3.05, 3.63) is 23.8 Å². The summed E-state index contributed by atoms with van der Waals surface area (Å²) in [6.45, 7) is 8.23. The Labute approximate surface area is 122 Å². The second-order valence-corrected chi connectivity index (χ2v) is 5.89. The van der Waals surface area contributed by atoms with Gasteiger partial charge in [0.25, 0.3) is 0 Å². The van der Waals surface area contributed by atoms with E-state index in [2.05, 4.69) is 31.3 Å². The highest BCUT2D eigenvalue weighted by molar-refractivity contribution is 5.43. The number of hydrogen-bond donors (Lipinski definition) is 1. The van der Waals surface area contributed by atoms with Gasteiger partial charge in [0, 0.05) is 6.42 Å². The molecule has 0 saturated carbocycles. The highest BCUT2D eigenvalue weighted by Crippen LogP contribution is 2.30. The lowest BCUT2D eigenvalue weighted by Gasteiger charge is -2.10. The Morgan fingerprint density at radius 2 is 1.90 bits per heavy atom. The molecule has 0 fully saturated rings. The van der Waals surface area contributed by atoms with E-state index < -0.39 is 0 Å². The van der Waals surface area contributed by atoms with Crippen LogP contribution in [0.5, 0.6) is 11.5 Å². The second-order valence-electron chi connectivity index (χ2n) is 5.89. The highest BCUT2D eigenvalue weighted by atomic mass is 16.5. The number of hydrogen-bond acceptors (Lipinski definition) is 3. The Kier molecular flexibility index (Phi) is 6.19. The predicted molar refractivity (Wildman–Crippen MR) is 82.7 cm³/mol. The standard InChI is InChI=1S/C17H27NO2/c1-14(2)13-18-9-4-3-6-15-7-8-16-17(12-15)20-11-5-10-19-16/h7-8,12,14,18H,3-6,9-11,13H2,1-2H3. The summed E-state index contributed by atoms with van der Waals surface area (Å²) >= 11 is 0. The molecule has 1 aliphatic rings. The molecule has 0 bridgehead atoms. The summed E-state index contributed by atoms with van der Waals surface area (Å²) in [5.74, 6) is 2.54. The fourth-order valence-corrected chi connectivity index (χ4v) is 2.33. The van der Waals surface area contributed by atoms with Crippen molar-refractivity contribution >= 4 is 0 Å². The van der Waals surface area contributed by atoms with E-state index in [0.29, 0.717) is 0 Å². The zero-order valence-corrected chi connectivity index (χ0v) is 12.8. The van der Waals surface area contributed by atoms with Gasteiger partial charge in [0.1, 0.15) is 0 Å². The Hall–Kier alpha value is -1.22. The van der Waals surface area contributed by atoms with E-state index in [-0.39, 0.29) is 0 Å². The predicted octanol–water partition coefficient (Wildman–Crippen LogP) is 3.42. The average molecular weight is 277 g/mol. The van der Waals surface area contributed by atoms with Crippen molar-refractivity contribution in [1.82, 2.24) is 5.32 Å². The van der Waals surface area contributed by atoms with Crippen LogP contribution in [0.25, 0.3) is 0 Å². The lowest BCUT2D eigenvalue weighted by molar-refractivity contribution is 0.297. The first-order valence-corrected chi connectivity index (χ1v) is 7.85. The summed E-state index contributed by atoms with van der Waals surface area (Å²) in [7, 11) is 0. The van der Waals surface area contributed by atoms with Crippen molar-refractivity contribution in [1.29, 1.82) is 0 Å². The minimum Gasteiger partial charge on any atom is -0.490 e. The summed E-state index contributed by atoms with van der Waals surface area (Å²) in [6.07, 6.45) is 4.51. The maximum absolute atomic E-state index is 5.72. The van der Waals surface area contributed by atoms with Crippen molar-refractivity contribution in [2.45, 2.75) is 39.5 Å². The summed E-state index contributed by atoms with van der Waals surface area (Å²) < 4.78 is 11.4. The molecule has 0 atom stereocenters. The molecule has 0 unspecified atom stereocenters. The molecule has 1 N–H and O–H groups in total. The Morgan fingerprint density at radius 1 is 1.10 bits per heavy atom. The number of fused-ring (bicyclic) bond motifs is 1. The molecule has 3 nitrogen and oxygen atoms in total. The third-order valence-corrected chi connectivity index (χ3v) is 3.43. The van der Waals surface area contributed by atoms with Crippen LogP contribution in [-0.4, -0.2) is 26.3 Å². The molecule has 0 saturated heterocycles. The molecule has 2 rings (SSSR count). The average Bonchev–Trinajstić information content (AvgIpc) is 2.67. The zero-order chi connectivity index (χ0) is 14.2. The summed E-state index contributed by atoms with van der Waals surface area (Å²) in [4.78, 5) is 0. The third-order valence-electron chi connectivity index (χ3n) is 3.43. The lowest BCUT2D eigenvalue weighted by Crippen LogP contribution is -2.20. The number of rotatable bonds is 7. The van der Waals surface area contributed by atoms with E-state index >= 15 is 0 Å². The Balaban J connectivity index is 1.72. The maximum Gasteiger partial charge on any atom is 0.161 e. The number of nitrogens with one attached hydrogen (secondary N) is 1. The fourth-order valence-electron chi connectivity index (χ4n) is 2.33. The van der Waals surface area contributed by atoms with Gasteiger partial charge in [0.05, 0.1) is 13.2 Å². The first kappa shape index (κ1) is 15.2. The smallest absolute Gasteiger partial charge is 0.161 e. The first-order chi connectivity index (χ1) is 9.75. The van der Waals surface area contributed by atoms with Crippen molar-refractivity contribution in [3.8, 4) is 11.5 Å². The topological polar surface area (TPSA) is 30.5 Å². The Morgan fingerprint density at radius 3 is 2.70 bits per heavy atom. The van der Waals surface area contributed by atoms with Gasteiger partial charge in [0.2, 0.25) is 0 Å². The van der Waals surface area contributed by atoms with Gasteiger partial charge in [0.15, 0.2) is 11.5 Å². The van der Waals surface area contributed by atoms with Crippen LogP contribution in [0.4, 0.5) is 0 Å². The molecule has 0 radical (unpaired) electrons. The van der Waals surface area contributed by atoms with E-state index in [9.17, 15) is 0 Å². The van der Waals surface area contributed by atoms with Crippen LogP contribution in [0.2, 0.25) is 0 Å². The molecule has 1 aliphatic heterocycles. The van der Waals surface area contributed by atoms with Crippen molar-refractivity contribution in [2.75, 3.05) is 26.3 Å². The highest BCUT2D eigenvalue weighted by Gasteiger charge is 2.10. The summed E-state index contributed by atoms with van der Waals surface area (Å²) in [6, 6.07) is 6.35. The van der Waals surface area contributed by atoms with E-state index in [0.717, 1.165) is 56.6 Å². The molecule has 0 aliphatic carbocycles. The van der Waals surface area contributed by atoms with Gasteiger partial charge in [-0.05, 0) is 56.0 Å². The van der Waals surface area contributed by atoms with Crippen LogP contribution in [0, 0.1) is 5.92 Å². The van der Waals surface area contributed by atoms with Gasteiger partial charge in [-0.2, -0.15) is 0 Å². The van der Waals surface area contributed by atoms with Gasteiger partial charge in [-0.3, -0.25) is 0 Å². The normalized spacial score (nSPS) is 14.3. The fraction of sp³-hybridized carbons (Fsp3) is 0.647. The molecule has 20 heavy (non-hydrogen) atoms. The number of benzene rings is 1. The van der Waals surface area contributed by atoms with Crippen molar-refractivity contribution in [3.63, 3.8) is 0 Å². The largest absolute Gasteiger partial charge is 0.490 e. The minimum atomic E-state index is 0.733. The van der Waals surface area contributed by atoms with Gasteiger partial charge < -0.3 is 14.8 Å². The van der Waals surface area contributed by atoms with Gasteiger partial charge in [-0.15, -0.1) is 0 Å². The molecule has 0 spiro atoms. The van der Waals surface area contributed by atoms with E-state index in [1.54, 1.807) is 0 Å². The van der Waals surface area contributed by atoms with Gasteiger partial charge >= 0.3 is 0 Å². The molecular weight excluding hydrogens is 250 g/mol. The molecular formula is C17H27NO2. The van der Waals surface area contributed by atoms with E-state index in [1.807, 2.05) is 6.07 Å².